The first-order chi connectivity index (χ1) is 9.81. The topological polar surface area (TPSA) is 82.3 Å². The minimum atomic E-state index is 0.799. The zero-order chi connectivity index (χ0) is 13.5. The summed E-state index contributed by atoms with van der Waals surface area (Å²) < 4.78 is 0. The van der Waals surface area contributed by atoms with Crippen LogP contribution in [0.5, 0.6) is 0 Å². The van der Waals surface area contributed by atoms with Gasteiger partial charge in [-0.2, -0.15) is 10.2 Å². The molecule has 98 valence electrons. The van der Waals surface area contributed by atoms with Gasteiger partial charge < -0.3 is 5.32 Å². The van der Waals surface area contributed by atoms with Crippen molar-refractivity contribution >= 4 is 33.3 Å². The molecule has 0 spiro atoms. The van der Waals surface area contributed by atoms with E-state index in [1.807, 2.05) is 31.2 Å². The van der Waals surface area contributed by atoms with E-state index in [4.69, 9.17) is 0 Å². The maximum Gasteiger partial charge on any atom is 0.141 e. The third-order valence-electron chi connectivity index (χ3n) is 3.35. The van der Waals surface area contributed by atoms with Gasteiger partial charge in [0.25, 0.3) is 0 Å². The number of aryl methyl sites for hydroxylation is 1. The fourth-order valence-corrected chi connectivity index (χ4v) is 2.36. The highest BCUT2D eigenvalue weighted by atomic mass is 15.1. The monoisotopic (exact) mass is 264 g/mol. The molecule has 0 saturated carbocycles. The number of benzene rings is 1. The van der Waals surface area contributed by atoms with Crippen LogP contribution in [0.4, 0.5) is 11.5 Å². The Morgan fingerprint density at radius 3 is 3.05 bits per heavy atom. The van der Waals surface area contributed by atoms with Crippen LogP contribution in [-0.4, -0.2) is 25.4 Å². The number of hydrogen-bond donors (Lipinski definition) is 3. The summed E-state index contributed by atoms with van der Waals surface area (Å²) in [5.74, 6) is 0.799. The van der Waals surface area contributed by atoms with Crippen LogP contribution in [0.1, 0.15) is 5.69 Å². The molecule has 3 aromatic heterocycles. The molecule has 0 saturated heterocycles. The number of nitrogens with one attached hydrogen (secondary N) is 3. The number of aromatic amines is 2. The van der Waals surface area contributed by atoms with Gasteiger partial charge in [-0.15, -0.1) is 0 Å². The van der Waals surface area contributed by atoms with E-state index < -0.39 is 0 Å². The zero-order valence-electron chi connectivity index (χ0n) is 10.8. The maximum absolute atomic E-state index is 4.41. The minimum absolute atomic E-state index is 0.799. The first kappa shape index (κ1) is 11.0. The van der Waals surface area contributed by atoms with E-state index >= 15 is 0 Å². The SMILES string of the molecule is Cc1[nH]nc2ccnc(Nc3ccc4cn[nH]c4c3)c12. The van der Waals surface area contributed by atoms with Crippen molar-refractivity contribution in [1.29, 1.82) is 0 Å². The fraction of sp³-hybridized carbons (Fsp3) is 0.0714. The van der Waals surface area contributed by atoms with E-state index in [1.54, 1.807) is 12.4 Å². The summed E-state index contributed by atoms with van der Waals surface area (Å²) in [6.45, 7) is 1.99. The molecule has 3 N–H and O–H groups in total. The molecule has 4 rings (SSSR count). The van der Waals surface area contributed by atoms with Gasteiger partial charge >= 0.3 is 0 Å². The Bertz CT molecular complexity index is 904. The van der Waals surface area contributed by atoms with Gasteiger partial charge in [0.05, 0.1) is 22.6 Å². The Balaban J connectivity index is 1.81. The summed E-state index contributed by atoms with van der Waals surface area (Å²) in [4.78, 5) is 4.41. The van der Waals surface area contributed by atoms with Crippen molar-refractivity contribution in [2.24, 2.45) is 0 Å². The fourth-order valence-electron chi connectivity index (χ4n) is 2.36. The quantitative estimate of drug-likeness (QED) is 0.520. The van der Waals surface area contributed by atoms with Crippen LogP contribution in [-0.2, 0) is 0 Å². The number of H-pyrrole nitrogens is 2. The van der Waals surface area contributed by atoms with Crippen LogP contribution in [0.2, 0.25) is 0 Å². The predicted octanol–water partition coefficient (Wildman–Crippen LogP) is 2.89. The van der Waals surface area contributed by atoms with Gasteiger partial charge in [-0.25, -0.2) is 4.98 Å². The van der Waals surface area contributed by atoms with E-state index in [-0.39, 0.29) is 0 Å². The lowest BCUT2D eigenvalue weighted by atomic mass is 10.2. The average molecular weight is 264 g/mol. The summed E-state index contributed by atoms with van der Waals surface area (Å²) >= 11 is 0. The van der Waals surface area contributed by atoms with Crippen molar-refractivity contribution in [3.63, 3.8) is 0 Å². The number of nitrogens with zero attached hydrogens (tertiary/aromatic N) is 3. The van der Waals surface area contributed by atoms with Crippen molar-refractivity contribution in [2.45, 2.75) is 6.92 Å². The lowest BCUT2D eigenvalue weighted by Gasteiger charge is -2.07. The molecule has 0 bridgehead atoms. The summed E-state index contributed by atoms with van der Waals surface area (Å²) in [6.07, 6.45) is 3.55. The molecular weight excluding hydrogens is 252 g/mol. The normalized spacial score (nSPS) is 11.2. The van der Waals surface area contributed by atoms with Crippen LogP contribution in [0.25, 0.3) is 21.8 Å². The van der Waals surface area contributed by atoms with Crippen molar-refractivity contribution in [3.8, 4) is 0 Å². The molecule has 20 heavy (non-hydrogen) atoms. The molecule has 0 fully saturated rings. The van der Waals surface area contributed by atoms with Crippen molar-refractivity contribution in [3.05, 3.63) is 42.4 Å². The summed E-state index contributed by atoms with van der Waals surface area (Å²) in [5.41, 5.74) is 3.86. The van der Waals surface area contributed by atoms with Gasteiger partial charge in [0.15, 0.2) is 0 Å². The number of fused-ring (bicyclic) bond motifs is 2. The second kappa shape index (κ2) is 4.06. The first-order valence-electron chi connectivity index (χ1n) is 6.31. The predicted molar refractivity (Wildman–Crippen MR) is 78.0 cm³/mol. The van der Waals surface area contributed by atoms with Crippen LogP contribution in [0.15, 0.2) is 36.7 Å². The third-order valence-corrected chi connectivity index (χ3v) is 3.35. The molecular formula is C14H12N6. The smallest absolute Gasteiger partial charge is 0.141 e. The second-order valence-electron chi connectivity index (χ2n) is 4.70. The van der Waals surface area contributed by atoms with E-state index in [1.165, 1.54) is 0 Å². The van der Waals surface area contributed by atoms with Crippen LogP contribution < -0.4 is 5.32 Å². The standard InChI is InChI=1S/C14H12N6/c1-8-13-11(20-18-8)4-5-15-14(13)17-10-3-2-9-7-16-19-12(9)6-10/h2-7H,1H3,(H,15,17)(H,16,19)(H,18,20). The minimum Gasteiger partial charge on any atom is -0.340 e. The summed E-state index contributed by atoms with van der Waals surface area (Å²) in [7, 11) is 0. The molecule has 6 heteroatoms. The Kier molecular flexibility index (Phi) is 2.23. The van der Waals surface area contributed by atoms with Crippen LogP contribution in [0, 0.1) is 6.92 Å². The molecule has 3 heterocycles. The third kappa shape index (κ3) is 1.62. The molecule has 0 aliphatic rings. The Morgan fingerprint density at radius 2 is 2.10 bits per heavy atom. The molecule has 0 aliphatic heterocycles. The largest absolute Gasteiger partial charge is 0.340 e. The van der Waals surface area contributed by atoms with Gasteiger partial charge in [0.1, 0.15) is 5.82 Å². The van der Waals surface area contributed by atoms with Gasteiger partial charge in [0.2, 0.25) is 0 Å². The lowest BCUT2D eigenvalue weighted by molar-refractivity contribution is 1.07. The zero-order valence-corrected chi connectivity index (χ0v) is 10.8. The van der Waals surface area contributed by atoms with E-state index in [9.17, 15) is 0 Å². The molecule has 0 radical (unpaired) electrons. The lowest BCUT2D eigenvalue weighted by Crippen LogP contribution is -1.94. The van der Waals surface area contributed by atoms with Gasteiger partial charge in [-0.1, -0.05) is 0 Å². The highest BCUT2D eigenvalue weighted by Gasteiger charge is 2.08. The Morgan fingerprint density at radius 1 is 1.15 bits per heavy atom. The van der Waals surface area contributed by atoms with E-state index in [0.717, 1.165) is 39.0 Å². The average Bonchev–Trinajstić information content (AvgIpc) is 3.06. The number of rotatable bonds is 2. The highest BCUT2D eigenvalue weighted by molar-refractivity contribution is 5.93. The molecule has 4 aromatic rings. The van der Waals surface area contributed by atoms with Crippen LogP contribution >= 0.6 is 0 Å². The molecule has 0 amide bonds. The molecule has 0 unspecified atom stereocenters. The van der Waals surface area contributed by atoms with E-state index in [2.05, 4.69) is 30.7 Å². The van der Waals surface area contributed by atoms with E-state index in [0.29, 0.717) is 0 Å². The second-order valence-corrected chi connectivity index (χ2v) is 4.70. The highest BCUT2D eigenvalue weighted by Crippen LogP contribution is 2.26. The molecule has 0 aliphatic carbocycles. The number of anilines is 2. The summed E-state index contributed by atoms with van der Waals surface area (Å²) in [5, 5.41) is 19.6. The number of aromatic nitrogens is 5. The van der Waals surface area contributed by atoms with Crippen molar-refractivity contribution in [2.75, 3.05) is 5.32 Å². The van der Waals surface area contributed by atoms with Crippen molar-refractivity contribution < 1.29 is 0 Å². The Hall–Kier alpha value is -2.89. The molecule has 1 aromatic carbocycles. The van der Waals surface area contributed by atoms with Gasteiger partial charge in [-0.05, 0) is 31.2 Å². The maximum atomic E-state index is 4.41. The molecule has 0 atom stereocenters. The number of hydrogen-bond acceptors (Lipinski definition) is 4. The van der Waals surface area contributed by atoms with Gasteiger partial charge in [-0.3, -0.25) is 10.2 Å². The first-order valence-corrected chi connectivity index (χ1v) is 6.31. The Labute approximate surface area is 114 Å². The van der Waals surface area contributed by atoms with Crippen molar-refractivity contribution in [1.82, 2.24) is 25.4 Å². The summed E-state index contributed by atoms with van der Waals surface area (Å²) in [6, 6.07) is 7.93. The van der Waals surface area contributed by atoms with Gasteiger partial charge in [0, 0.05) is 23.0 Å². The van der Waals surface area contributed by atoms with Crippen LogP contribution in [0.3, 0.4) is 0 Å². The number of pyridine rings is 1. The molecule has 6 nitrogen and oxygen atoms in total.